The molecule has 0 heterocycles. The monoisotopic (exact) mass is 279 g/mol. The molecule has 6 heteroatoms. The second-order valence-corrected chi connectivity index (χ2v) is 4.61. The average molecular weight is 279 g/mol. The van der Waals surface area contributed by atoms with Crippen LogP contribution in [0.5, 0.6) is 11.5 Å². The Morgan fingerprint density at radius 1 is 1.35 bits per heavy atom. The molecule has 108 valence electrons. The lowest BCUT2D eigenvalue weighted by molar-refractivity contribution is -0.145. The zero-order valence-corrected chi connectivity index (χ0v) is 11.2. The summed E-state index contributed by atoms with van der Waals surface area (Å²) in [6.07, 6.45) is 1.72. The largest absolute Gasteiger partial charge is 0.497 e. The van der Waals surface area contributed by atoms with Crippen molar-refractivity contribution in [1.82, 2.24) is 4.90 Å². The number of amides is 1. The first-order valence-electron chi connectivity index (χ1n) is 6.38. The van der Waals surface area contributed by atoms with Crippen molar-refractivity contribution in [2.24, 2.45) is 0 Å². The fourth-order valence-electron chi connectivity index (χ4n) is 1.87. The first kappa shape index (κ1) is 14.2. The van der Waals surface area contributed by atoms with E-state index in [1.54, 1.807) is 31.4 Å². The van der Waals surface area contributed by atoms with E-state index in [4.69, 9.17) is 14.6 Å². The van der Waals surface area contributed by atoms with E-state index >= 15 is 0 Å². The van der Waals surface area contributed by atoms with E-state index in [1.807, 2.05) is 0 Å². The molecule has 1 saturated carbocycles. The molecule has 0 atom stereocenters. The van der Waals surface area contributed by atoms with Gasteiger partial charge in [0, 0.05) is 12.1 Å². The zero-order valence-electron chi connectivity index (χ0n) is 11.2. The Bertz CT molecular complexity index is 498. The van der Waals surface area contributed by atoms with E-state index in [-0.39, 0.29) is 25.1 Å². The number of ether oxygens (including phenoxy) is 2. The van der Waals surface area contributed by atoms with Gasteiger partial charge in [0.15, 0.2) is 6.61 Å². The van der Waals surface area contributed by atoms with Gasteiger partial charge in [-0.05, 0) is 25.0 Å². The van der Waals surface area contributed by atoms with Crippen molar-refractivity contribution in [3.63, 3.8) is 0 Å². The number of nitrogens with zero attached hydrogens (tertiary/aromatic N) is 1. The molecular formula is C14H17NO5. The summed E-state index contributed by atoms with van der Waals surface area (Å²) in [6.45, 7) is -0.443. The van der Waals surface area contributed by atoms with Gasteiger partial charge in [0.25, 0.3) is 5.91 Å². The molecule has 2 rings (SSSR count). The minimum Gasteiger partial charge on any atom is -0.497 e. The van der Waals surface area contributed by atoms with Crippen molar-refractivity contribution < 1.29 is 24.2 Å². The summed E-state index contributed by atoms with van der Waals surface area (Å²) in [4.78, 5) is 24.1. The maximum absolute atomic E-state index is 12.0. The summed E-state index contributed by atoms with van der Waals surface area (Å²) in [6, 6.07) is 6.97. The molecule has 1 aromatic carbocycles. The summed E-state index contributed by atoms with van der Waals surface area (Å²) in [5, 5.41) is 8.81. The van der Waals surface area contributed by atoms with Crippen LogP contribution < -0.4 is 9.47 Å². The SMILES string of the molecule is COc1cccc(OCC(=O)N(CC(=O)O)C2CC2)c1. The van der Waals surface area contributed by atoms with E-state index in [1.165, 1.54) is 4.90 Å². The molecule has 0 unspecified atom stereocenters. The summed E-state index contributed by atoms with van der Waals surface area (Å²) < 4.78 is 10.4. The standard InChI is InChI=1S/C14H17NO5/c1-19-11-3-2-4-12(7-11)20-9-13(16)15(8-14(17)18)10-5-6-10/h2-4,7,10H,5-6,8-9H2,1H3,(H,17,18). The van der Waals surface area contributed by atoms with Crippen molar-refractivity contribution in [1.29, 1.82) is 0 Å². The van der Waals surface area contributed by atoms with Gasteiger partial charge in [0.2, 0.25) is 0 Å². The molecule has 1 aromatic rings. The van der Waals surface area contributed by atoms with Gasteiger partial charge in [-0.1, -0.05) is 6.07 Å². The minimum atomic E-state index is -1.01. The number of carbonyl (C=O) groups is 2. The van der Waals surface area contributed by atoms with E-state index in [9.17, 15) is 9.59 Å². The molecule has 1 aliphatic rings. The number of hydrogen-bond acceptors (Lipinski definition) is 4. The van der Waals surface area contributed by atoms with Gasteiger partial charge < -0.3 is 19.5 Å². The van der Waals surface area contributed by atoms with Gasteiger partial charge in [-0.25, -0.2) is 0 Å². The van der Waals surface area contributed by atoms with Crippen LogP contribution in [0.15, 0.2) is 24.3 Å². The smallest absolute Gasteiger partial charge is 0.323 e. The number of methoxy groups -OCH3 is 1. The molecule has 0 aliphatic heterocycles. The number of rotatable bonds is 7. The Morgan fingerprint density at radius 2 is 2.05 bits per heavy atom. The Kier molecular flexibility index (Phi) is 4.45. The zero-order chi connectivity index (χ0) is 14.5. The fourth-order valence-corrected chi connectivity index (χ4v) is 1.87. The molecule has 1 N–H and O–H groups in total. The second kappa shape index (κ2) is 6.27. The molecule has 1 amide bonds. The Labute approximate surface area is 116 Å². The second-order valence-electron chi connectivity index (χ2n) is 4.61. The molecule has 0 saturated heterocycles. The van der Waals surface area contributed by atoms with Crippen LogP contribution in [0.2, 0.25) is 0 Å². The van der Waals surface area contributed by atoms with Gasteiger partial charge in [0.1, 0.15) is 18.0 Å². The lowest BCUT2D eigenvalue weighted by atomic mass is 10.3. The van der Waals surface area contributed by atoms with Gasteiger partial charge in [0.05, 0.1) is 7.11 Å². The van der Waals surface area contributed by atoms with Crippen molar-refractivity contribution in [2.45, 2.75) is 18.9 Å². The Morgan fingerprint density at radius 3 is 2.65 bits per heavy atom. The maximum atomic E-state index is 12.0. The topological polar surface area (TPSA) is 76.1 Å². The van der Waals surface area contributed by atoms with Crippen molar-refractivity contribution >= 4 is 11.9 Å². The lowest BCUT2D eigenvalue weighted by Crippen LogP contribution is -2.40. The molecule has 0 radical (unpaired) electrons. The average Bonchev–Trinajstić information content (AvgIpc) is 3.26. The van der Waals surface area contributed by atoms with Gasteiger partial charge in [-0.2, -0.15) is 0 Å². The van der Waals surface area contributed by atoms with E-state index in [0.29, 0.717) is 11.5 Å². The van der Waals surface area contributed by atoms with Crippen LogP contribution in [0, 0.1) is 0 Å². The highest BCUT2D eigenvalue weighted by Gasteiger charge is 2.33. The van der Waals surface area contributed by atoms with Gasteiger partial charge in [-0.15, -0.1) is 0 Å². The molecule has 0 aromatic heterocycles. The molecule has 6 nitrogen and oxygen atoms in total. The summed E-state index contributed by atoms with van der Waals surface area (Å²) >= 11 is 0. The minimum absolute atomic E-state index is 0.0486. The molecule has 20 heavy (non-hydrogen) atoms. The third-order valence-electron chi connectivity index (χ3n) is 3.02. The van der Waals surface area contributed by atoms with E-state index in [0.717, 1.165) is 12.8 Å². The quantitative estimate of drug-likeness (QED) is 0.810. The highest BCUT2D eigenvalue weighted by Crippen LogP contribution is 2.27. The number of benzene rings is 1. The van der Waals surface area contributed by atoms with Crippen LogP contribution in [0.4, 0.5) is 0 Å². The number of carboxylic acid groups (broad SMARTS) is 1. The Hall–Kier alpha value is -2.24. The fraction of sp³-hybridized carbons (Fsp3) is 0.429. The van der Waals surface area contributed by atoms with Crippen LogP contribution >= 0.6 is 0 Å². The van der Waals surface area contributed by atoms with Gasteiger partial charge in [-0.3, -0.25) is 9.59 Å². The first-order valence-corrected chi connectivity index (χ1v) is 6.38. The van der Waals surface area contributed by atoms with Crippen LogP contribution in [0.3, 0.4) is 0 Å². The van der Waals surface area contributed by atoms with Crippen molar-refractivity contribution in [2.75, 3.05) is 20.3 Å². The van der Waals surface area contributed by atoms with E-state index in [2.05, 4.69) is 0 Å². The van der Waals surface area contributed by atoms with Crippen molar-refractivity contribution in [3.8, 4) is 11.5 Å². The predicted octanol–water partition coefficient (Wildman–Crippen LogP) is 1.15. The van der Waals surface area contributed by atoms with Crippen LogP contribution in [0.1, 0.15) is 12.8 Å². The van der Waals surface area contributed by atoms with Crippen molar-refractivity contribution in [3.05, 3.63) is 24.3 Å². The van der Waals surface area contributed by atoms with Crippen LogP contribution in [-0.4, -0.2) is 48.2 Å². The first-order chi connectivity index (χ1) is 9.60. The molecular weight excluding hydrogens is 262 g/mol. The summed E-state index contributed by atoms with van der Waals surface area (Å²) in [5.74, 6) is -0.160. The third-order valence-corrected chi connectivity index (χ3v) is 3.02. The summed E-state index contributed by atoms with van der Waals surface area (Å²) in [7, 11) is 1.55. The molecule has 0 spiro atoms. The number of carbonyl (C=O) groups excluding carboxylic acids is 1. The third kappa shape index (κ3) is 3.88. The summed E-state index contributed by atoms with van der Waals surface area (Å²) in [5.41, 5.74) is 0. The maximum Gasteiger partial charge on any atom is 0.323 e. The highest BCUT2D eigenvalue weighted by molar-refractivity contribution is 5.83. The molecule has 1 aliphatic carbocycles. The van der Waals surface area contributed by atoms with Crippen LogP contribution in [0.25, 0.3) is 0 Å². The van der Waals surface area contributed by atoms with Gasteiger partial charge >= 0.3 is 5.97 Å². The predicted molar refractivity (Wildman–Crippen MR) is 70.9 cm³/mol. The van der Waals surface area contributed by atoms with E-state index < -0.39 is 5.97 Å². The Balaban J connectivity index is 1.91. The number of aliphatic carboxylic acids is 1. The number of hydrogen-bond donors (Lipinski definition) is 1. The number of carboxylic acids is 1. The normalized spacial score (nSPS) is 13.7. The molecule has 0 bridgehead atoms. The highest BCUT2D eigenvalue weighted by atomic mass is 16.5. The molecule has 1 fully saturated rings. The van der Waals surface area contributed by atoms with Crippen LogP contribution in [-0.2, 0) is 9.59 Å². The lowest BCUT2D eigenvalue weighted by Gasteiger charge is -2.20.